The molecule has 17 heavy (non-hydrogen) atoms. The Morgan fingerprint density at radius 3 is 2.59 bits per heavy atom. The van der Waals surface area contributed by atoms with E-state index in [1.165, 1.54) is 0 Å². The van der Waals surface area contributed by atoms with Crippen molar-refractivity contribution < 1.29 is 27.7 Å². The molecule has 4 nitrogen and oxygen atoms in total. The number of hydrogen-bond donors (Lipinski definition) is 2. The van der Waals surface area contributed by atoms with Gasteiger partial charge in [0.15, 0.2) is 0 Å². The summed E-state index contributed by atoms with van der Waals surface area (Å²) in [6.45, 7) is 6.20. The molecule has 1 aromatic rings. The molecule has 0 radical (unpaired) electrons. The molecule has 0 fully saturated rings. The molecule has 0 aromatic heterocycles. The number of hydrogen-bond acceptors (Lipinski definition) is 2. The lowest BCUT2D eigenvalue weighted by atomic mass is 10.2. The summed E-state index contributed by atoms with van der Waals surface area (Å²) in [4.78, 5) is 11.5. The summed E-state index contributed by atoms with van der Waals surface area (Å²) in [6.07, 6.45) is -0.436. The minimum absolute atomic E-state index is 0. The fourth-order valence-electron chi connectivity index (χ4n) is 1.23. The Morgan fingerprint density at radius 1 is 1.41 bits per heavy atom. The molecule has 0 aliphatic rings. The monoisotopic (exact) mass is 258 g/mol. The second-order valence-corrected chi connectivity index (χ2v) is 4.58. The second kappa shape index (κ2) is 6.47. The zero-order chi connectivity index (χ0) is 12.2. The van der Waals surface area contributed by atoms with Crippen molar-refractivity contribution in [3.8, 4) is 0 Å². The van der Waals surface area contributed by atoms with Crippen molar-refractivity contribution >= 4 is 11.8 Å². The highest BCUT2D eigenvalue weighted by Gasteiger charge is 2.16. The summed E-state index contributed by atoms with van der Waals surface area (Å²) < 4.78 is 5.15. The molecule has 0 atom stereocenters. The van der Waals surface area contributed by atoms with Crippen molar-refractivity contribution in [3.63, 3.8) is 0 Å². The minimum Gasteiger partial charge on any atom is -1.00 e. The van der Waals surface area contributed by atoms with Crippen LogP contribution in [0, 0.1) is 0 Å². The van der Waals surface area contributed by atoms with Crippen molar-refractivity contribution in [2.75, 3.05) is 5.32 Å². The molecule has 96 valence electrons. The first-order valence-corrected chi connectivity index (χ1v) is 5.29. The number of carbonyl (C=O) groups excluding carboxylic acids is 1. The van der Waals surface area contributed by atoms with Gasteiger partial charge in [-0.25, -0.2) is 4.79 Å². The van der Waals surface area contributed by atoms with Crippen LogP contribution in [0.2, 0.25) is 0 Å². The Hall–Kier alpha value is -1.26. The predicted octanol–water partition coefficient (Wildman–Crippen LogP) is -1.22. The largest absolute Gasteiger partial charge is 1.00 e. The van der Waals surface area contributed by atoms with Crippen LogP contribution >= 0.6 is 0 Å². The summed E-state index contributed by atoms with van der Waals surface area (Å²) in [5, 5.41) is 2.68. The Kier molecular flexibility index (Phi) is 5.99. The maximum Gasteiger partial charge on any atom is 0.412 e. The van der Waals surface area contributed by atoms with E-state index in [0.717, 1.165) is 11.3 Å². The maximum absolute atomic E-state index is 11.5. The number of anilines is 1. The van der Waals surface area contributed by atoms with Crippen LogP contribution in [-0.2, 0) is 11.3 Å². The average molecular weight is 259 g/mol. The molecule has 0 spiro atoms. The standard InChI is InChI=1S/C12H18N2O2.ClH/c1-12(2,3)16-11(15)14-10-6-4-5-9(7-10)8-13;/h4-7H,8,13H2,1-3H3,(H,14,15);1H. The van der Waals surface area contributed by atoms with Gasteiger partial charge >= 0.3 is 6.09 Å². The third-order valence-corrected chi connectivity index (χ3v) is 1.86. The number of benzene rings is 1. The van der Waals surface area contributed by atoms with E-state index in [1.54, 1.807) is 0 Å². The summed E-state index contributed by atoms with van der Waals surface area (Å²) in [6, 6.07) is 7.56. The molecule has 0 saturated carbocycles. The van der Waals surface area contributed by atoms with E-state index in [-0.39, 0.29) is 12.4 Å². The first kappa shape index (κ1) is 15.7. The topological polar surface area (TPSA) is 66.0 Å². The summed E-state index contributed by atoms with van der Waals surface area (Å²) in [5.74, 6) is 0. The van der Waals surface area contributed by atoms with Crippen molar-refractivity contribution in [2.45, 2.75) is 32.9 Å². The van der Waals surface area contributed by atoms with Crippen molar-refractivity contribution in [3.05, 3.63) is 29.8 Å². The van der Waals surface area contributed by atoms with Gasteiger partial charge in [0.1, 0.15) is 5.60 Å². The maximum atomic E-state index is 11.5. The molecule has 1 rings (SSSR count). The molecule has 0 unspecified atom stereocenters. The van der Waals surface area contributed by atoms with Gasteiger partial charge in [-0.2, -0.15) is 0 Å². The van der Waals surface area contributed by atoms with Gasteiger partial charge in [-0.1, -0.05) is 12.1 Å². The van der Waals surface area contributed by atoms with E-state index < -0.39 is 11.7 Å². The quantitative estimate of drug-likeness (QED) is 0.698. The Balaban J connectivity index is 0.00000256. The van der Waals surface area contributed by atoms with E-state index in [9.17, 15) is 4.79 Å². The van der Waals surface area contributed by atoms with Crippen LogP contribution in [0.25, 0.3) is 0 Å². The number of quaternary nitrogens is 1. The minimum atomic E-state index is -0.478. The molecule has 0 bridgehead atoms. The molecular formula is C12H19ClN2O2. The van der Waals surface area contributed by atoms with Crippen LogP contribution in [0.15, 0.2) is 24.3 Å². The number of ether oxygens (including phenoxy) is 1. The fourth-order valence-corrected chi connectivity index (χ4v) is 1.23. The number of amides is 1. The van der Waals surface area contributed by atoms with Crippen LogP contribution in [0.5, 0.6) is 0 Å². The van der Waals surface area contributed by atoms with E-state index in [1.807, 2.05) is 45.0 Å². The van der Waals surface area contributed by atoms with E-state index in [0.29, 0.717) is 6.54 Å². The van der Waals surface area contributed by atoms with Crippen molar-refractivity contribution in [1.82, 2.24) is 0 Å². The molecule has 5 heteroatoms. The Labute approximate surface area is 108 Å². The first-order chi connectivity index (χ1) is 7.40. The van der Waals surface area contributed by atoms with E-state index >= 15 is 0 Å². The van der Waals surface area contributed by atoms with Crippen LogP contribution < -0.4 is 23.5 Å². The Bertz CT molecular complexity index is 375. The third kappa shape index (κ3) is 6.14. The van der Waals surface area contributed by atoms with Gasteiger partial charge in [-0.3, -0.25) is 5.32 Å². The molecule has 0 aliphatic heterocycles. The van der Waals surface area contributed by atoms with Gasteiger partial charge in [0.05, 0.1) is 6.54 Å². The van der Waals surface area contributed by atoms with Gasteiger partial charge in [0.2, 0.25) is 0 Å². The van der Waals surface area contributed by atoms with Gasteiger partial charge in [0.25, 0.3) is 0 Å². The van der Waals surface area contributed by atoms with Gasteiger partial charge < -0.3 is 22.9 Å². The SMILES string of the molecule is CC(C)(C)OC(=O)Nc1cccc(C[NH3+])c1.[Cl-]. The highest BCUT2D eigenvalue weighted by molar-refractivity contribution is 5.84. The van der Waals surface area contributed by atoms with E-state index in [2.05, 4.69) is 11.1 Å². The lowest BCUT2D eigenvalue weighted by Crippen LogP contribution is -3.00. The summed E-state index contributed by atoms with van der Waals surface area (Å²) >= 11 is 0. The number of halogens is 1. The third-order valence-electron chi connectivity index (χ3n) is 1.86. The smallest absolute Gasteiger partial charge is 0.412 e. The zero-order valence-corrected chi connectivity index (χ0v) is 11.2. The van der Waals surface area contributed by atoms with Crippen LogP contribution in [0.1, 0.15) is 26.3 Å². The first-order valence-electron chi connectivity index (χ1n) is 5.29. The van der Waals surface area contributed by atoms with Crippen LogP contribution in [0.3, 0.4) is 0 Å². The molecule has 0 heterocycles. The summed E-state index contributed by atoms with van der Waals surface area (Å²) in [7, 11) is 0. The van der Waals surface area contributed by atoms with Gasteiger partial charge in [-0.15, -0.1) is 0 Å². The second-order valence-electron chi connectivity index (χ2n) is 4.58. The molecular weight excluding hydrogens is 240 g/mol. The molecule has 1 aromatic carbocycles. The number of carbonyl (C=O) groups is 1. The van der Waals surface area contributed by atoms with Crippen molar-refractivity contribution in [1.29, 1.82) is 0 Å². The van der Waals surface area contributed by atoms with E-state index in [4.69, 9.17) is 4.74 Å². The molecule has 1 amide bonds. The average Bonchev–Trinajstić information content (AvgIpc) is 2.15. The van der Waals surface area contributed by atoms with Crippen LogP contribution in [0.4, 0.5) is 10.5 Å². The number of rotatable bonds is 2. The Morgan fingerprint density at radius 2 is 2.06 bits per heavy atom. The zero-order valence-electron chi connectivity index (χ0n) is 10.4. The fraction of sp³-hybridized carbons (Fsp3) is 0.417. The predicted molar refractivity (Wildman–Crippen MR) is 62.9 cm³/mol. The molecule has 0 saturated heterocycles. The molecule has 4 N–H and O–H groups in total. The number of nitrogens with one attached hydrogen (secondary N) is 1. The van der Waals surface area contributed by atoms with Gasteiger partial charge in [-0.05, 0) is 32.9 Å². The highest BCUT2D eigenvalue weighted by atomic mass is 35.5. The summed E-state index contributed by atoms with van der Waals surface area (Å²) in [5.41, 5.74) is 5.12. The molecule has 0 aliphatic carbocycles. The van der Waals surface area contributed by atoms with Gasteiger partial charge in [0, 0.05) is 11.3 Å². The van der Waals surface area contributed by atoms with Crippen molar-refractivity contribution in [2.24, 2.45) is 0 Å². The lowest BCUT2D eigenvalue weighted by molar-refractivity contribution is -0.386. The normalized spacial score (nSPS) is 10.4. The van der Waals surface area contributed by atoms with Crippen LogP contribution in [-0.4, -0.2) is 11.7 Å². The highest BCUT2D eigenvalue weighted by Crippen LogP contribution is 2.13. The lowest BCUT2D eigenvalue weighted by Gasteiger charge is -2.19.